The Hall–Kier alpha value is -5.12. The molecule has 0 saturated heterocycles. The first-order valence-corrected chi connectivity index (χ1v) is 16.2. The number of thiazole rings is 1. The number of para-hydroxylation sites is 1. The van der Waals surface area contributed by atoms with Gasteiger partial charge in [-0.2, -0.15) is 0 Å². The Morgan fingerprint density at radius 2 is 1.70 bits per heavy atom. The standard InChI is InChI=1S/C37H32ClN3O5S/c1-4-45-28-17-15-26(16-18-28)33-32(35(42)40-27-13-9-6-10-14-27)23(2)39-37-41(33)36(43)31(47-37)21-25-19-29(38)34(30(20-25)44-3)46-22-24-11-7-5-8-12-24/h5-21,33H,4,22H2,1-3H3,(H,40,42)/b31-21-/t33-/m0/s1. The second-order valence-corrected chi connectivity index (χ2v) is 12.1. The number of nitrogens with one attached hydrogen (secondary N) is 1. The molecule has 0 radical (unpaired) electrons. The lowest BCUT2D eigenvalue weighted by Gasteiger charge is -2.25. The van der Waals surface area contributed by atoms with Gasteiger partial charge in [-0.05, 0) is 73.0 Å². The molecular formula is C37H32ClN3O5S. The van der Waals surface area contributed by atoms with Gasteiger partial charge in [0.15, 0.2) is 16.3 Å². The molecule has 1 N–H and O–H groups in total. The van der Waals surface area contributed by atoms with Gasteiger partial charge >= 0.3 is 0 Å². The zero-order chi connectivity index (χ0) is 32.9. The van der Waals surface area contributed by atoms with E-state index in [4.69, 9.17) is 30.8 Å². The summed E-state index contributed by atoms with van der Waals surface area (Å²) in [5.41, 5.74) is 3.64. The molecular weight excluding hydrogens is 634 g/mol. The lowest BCUT2D eigenvalue weighted by molar-refractivity contribution is -0.113. The molecule has 8 nitrogen and oxygen atoms in total. The molecule has 0 fully saturated rings. The maximum Gasteiger partial charge on any atom is 0.271 e. The van der Waals surface area contributed by atoms with Crippen molar-refractivity contribution in [2.75, 3.05) is 19.0 Å². The molecule has 1 aromatic heterocycles. The summed E-state index contributed by atoms with van der Waals surface area (Å²) in [5, 5.41) is 3.32. The molecule has 0 spiro atoms. The van der Waals surface area contributed by atoms with Crippen molar-refractivity contribution in [3.63, 3.8) is 0 Å². The number of carbonyl (C=O) groups excluding carboxylic acids is 1. The maximum absolute atomic E-state index is 14.2. The number of ether oxygens (including phenoxy) is 3. The lowest BCUT2D eigenvalue weighted by atomic mass is 9.95. The number of halogens is 1. The Labute approximate surface area is 280 Å². The fourth-order valence-electron chi connectivity index (χ4n) is 5.40. The zero-order valence-corrected chi connectivity index (χ0v) is 27.6. The van der Waals surface area contributed by atoms with Crippen molar-refractivity contribution >= 4 is 40.6 Å². The summed E-state index contributed by atoms with van der Waals surface area (Å²) in [4.78, 5) is 33.2. The van der Waals surface area contributed by atoms with Crippen LogP contribution in [0.3, 0.4) is 0 Å². The van der Waals surface area contributed by atoms with E-state index in [1.807, 2.05) is 91.9 Å². The van der Waals surface area contributed by atoms with Crippen LogP contribution < -0.4 is 34.4 Å². The highest BCUT2D eigenvalue weighted by Gasteiger charge is 2.32. The van der Waals surface area contributed by atoms with E-state index in [-0.39, 0.29) is 11.5 Å². The molecule has 238 valence electrons. The number of methoxy groups -OCH3 is 1. The van der Waals surface area contributed by atoms with E-state index in [1.54, 1.807) is 36.8 Å². The molecule has 0 saturated carbocycles. The molecule has 4 aromatic carbocycles. The van der Waals surface area contributed by atoms with Crippen molar-refractivity contribution in [1.29, 1.82) is 0 Å². The molecule has 6 rings (SSSR count). The van der Waals surface area contributed by atoms with Crippen molar-refractivity contribution in [3.05, 3.63) is 150 Å². The van der Waals surface area contributed by atoms with Gasteiger partial charge in [0.25, 0.3) is 11.5 Å². The van der Waals surface area contributed by atoms with Crippen LogP contribution in [0.4, 0.5) is 5.69 Å². The average Bonchev–Trinajstić information content (AvgIpc) is 3.38. The average molecular weight is 666 g/mol. The highest BCUT2D eigenvalue weighted by molar-refractivity contribution is 7.07. The van der Waals surface area contributed by atoms with Crippen LogP contribution >= 0.6 is 22.9 Å². The largest absolute Gasteiger partial charge is 0.494 e. The van der Waals surface area contributed by atoms with Crippen LogP contribution in [-0.4, -0.2) is 24.2 Å². The van der Waals surface area contributed by atoms with Gasteiger partial charge in [-0.1, -0.05) is 83.6 Å². The Morgan fingerprint density at radius 3 is 2.38 bits per heavy atom. The topological polar surface area (TPSA) is 91.2 Å². The minimum atomic E-state index is -0.723. The second-order valence-electron chi connectivity index (χ2n) is 10.7. The molecule has 2 heterocycles. The Morgan fingerprint density at radius 1 is 1.00 bits per heavy atom. The third kappa shape index (κ3) is 6.86. The maximum atomic E-state index is 14.2. The number of amides is 1. The van der Waals surface area contributed by atoms with Crippen molar-refractivity contribution < 1.29 is 19.0 Å². The van der Waals surface area contributed by atoms with Crippen LogP contribution in [-0.2, 0) is 11.4 Å². The summed E-state index contributed by atoms with van der Waals surface area (Å²) in [7, 11) is 1.54. The van der Waals surface area contributed by atoms with E-state index in [1.165, 1.54) is 11.3 Å². The summed E-state index contributed by atoms with van der Waals surface area (Å²) >= 11 is 7.92. The van der Waals surface area contributed by atoms with Crippen molar-refractivity contribution in [3.8, 4) is 17.2 Å². The summed E-state index contributed by atoms with van der Waals surface area (Å²) in [5.74, 6) is 1.21. The molecule has 0 aliphatic carbocycles. The van der Waals surface area contributed by atoms with Crippen LogP contribution in [0, 0.1) is 0 Å². The first-order chi connectivity index (χ1) is 22.9. The van der Waals surface area contributed by atoms with Crippen LogP contribution in [0.25, 0.3) is 6.08 Å². The molecule has 10 heteroatoms. The predicted octanol–water partition coefficient (Wildman–Crippen LogP) is 6.51. The molecule has 0 bridgehead atoms. The van der Waals surface area contributed by atoms with Gasteiger partial charge in [0, 0.05) is 5.69 Å². The first-order valence-electron chi connectivity index (χ1n) is 15.0. The minimum Gasteiger partial charge on any atom is -0.494 e. The number of nitrogens with zero attached hydrogens (tertiary/aromatic N) is 2. The quantitative estimate of drug-likeness (QED) is 0.184. The molecule has 5 aromatic rings. The van der Waals surface area contributed by atoms with E-state index < -0.39 is 6.04 Å². The van der Waals surface area contributed by atoms with Crippen LogP contribution in [0.1, 0.15) is 36.6 Å². The smallest absolute Gasteiger partial charge is 0.271 e. The third-order valence-corrected chi connectivity index (χ3v) is 8.84. The number of benzene rings is 4. The van der Waals surface area contributed by atoms with Gasteiger partial charge in [0.2, 0.25) is 0 Å². The lowest BCUT2D eigenvalue weighted by Crippen LogP contribution is -2.40. The van der Waals surface area contributed by atoms with Crippen LogP contribution in [0.5, 0.6) is 17.2 Å². The minimum absolute atomic E-state index is 0.287. The fourth-order valence-corrected chi connectivity index (χ4v) is 6.72. The van der Waals surface area contributed by atoms with Crippen molar-refractivity contribution in [1.82, 2.24) is 4.57 Å². The second kappa shape index (κ2) is 14.1. The highest BCUT2D eigenvalue weighted by Crippen LogP contribution is 2.37. The van der Waals surface area contributed by atoms with E-state index >= 15 is 0 Å². The summed E-state index contributed by atoms with van der Waals surface area (Å²) in [6.45, 7) is 4.54. The molecule has 0 unspecified atom stereocenters. The number of allylic oxidation sites excluding steroid dienone is 1. The van der Waals surface area contributed by atoms with Crippen LogP contribution in [0.2, 0.25) is 5.02 Å². The van der Waals surface area contributed by atoms with Crippen LogP contribution in [0.15, 0.2) is 118 Å². The summed E-state index contributed by atoms with van der Waals surface area (Å²) in [6.07, 6.45) is 1.75. The zero-order valence-electron chi connectivity index (χ0n) is 26.0. The number of fused-ring (bicyclic) bond motifs is 1. The first kappa shape index (κ1) is 31.8. The van der Waals surface area contributed by atoms with Gasteiger partial charge in [0.1, 0.15) is 12.4 Å². The summed E-state index contributed by atoms with van der Waals surface area (Å²) in [6, 6.07) is 29.2. The van der Waals surface area contributed by atoms with Gasteiger partial charge in [-0.15, -0.1) is 0 Å². The third-order valence-electron chi connectivity index (χ3n) is 7.58. The number of anilines is 1. The van der Waals surface area contributed by atoms with E-state index in [2.05, 4.69) is 5.32 Å². The van der Waals surface area contributed by atoms with Gasteiger partial charge in [-0.25, -0.2) is 4.99 Å². The van der Waals surface area contributed by atoms with Crippen molar-refractivity contribution in [2.24, 2.45) is 4.99 Å². The monoisotopic (exact) mass is 665 g/mol. The van der Waals surface area contributed by atoms with E-state index in [0.29, 0.717) is 67.3 Å². The van der Waals surface area contributed by atoms with Gasteiger partial charge < -0.3 is 19.5 Å². The Kier molecular flexibility index (Phi) is 9.56. The SMILES string of the molecule is CCOc1ccc([C@H]2C(C(=O)Nc3ccccc3)=C(C)N=c3s/c(=C\c4cc(Cl)c(OCc5ccccc5)c(OC)c4)c(=O)n32)cc1. The van der Waals surface area contributed by atoms with Gasteiger partial charge in [-0.3, -0.25) is 14.2 Å². The normalized spacial score (nSPS) is 14.3. The number of hydrogen-bond acceptors (Lipinski definition) is 7. The molecule has 1 aliphatic rings. The number of hydrogen-bond donors (Lipinski definition) is 1. The Balaban J connectivity index is 1.41. The van der Waals surface area contributed by atoms with E-state index in [9.17, 15) is 9.59 Å². The van der Waals surface area contributed by atoms with E-state index in [0.717, 1.165) is 11.1 Å². The molecule has 1 amide bonds. The molecule has 47 heavy (non-hydrogen) atoms. The summed E-state index contributed by atoms with van der Waals surface area (Å²) < 4.78 is 19.3. The Bertz CT molecular complexity index is 2130. The number of aromatic nitrogens is 1. The number of carbonyl (C=O) groups is 1. The predicted molar refractivity (Wildman–Crippen MR) is 185 cm³/mol. The van der Waals surface area contributed by atoms with Gasteiger partial charge in [0.05, 0.1) is 40.6 Å². The highest BCUT2D eigenvalue weighted by atomic mass is 35.5. The molecule has 1 atom stereocenters. The molecule has 1 aliphatic heterocycles. The fraction of sp³-hybridized carbons (Fsp3) is 0.162. The van der Waals surface area contributed by atoms with Crippen molar-refractivity contribution in [2.45, 2.75) is 26.5 Å². The number of rotatable bonds is 10.